The fourth-order valence-electron chi connectivity index (χ4n) is 3.33. The molecule has 1 amide bonds. The van der Waals surface area contributed by atoms with Crippen LogP contribution in [0.2, 0.25) is 0 Å². The molecule has 0 aliphatic carbocycles. The summed E-state index contributed by atoms with van der Waals surface area (Å²) >= 11 is 1.27. The average Bonchev–Trinajstić information content (AvgIpc) is 2.67. The third-order valence-corrected chi connectivity index (χ3v) is 5.90. The number of pyridine rings is 1. The highest BCUT2D eigenvalue weighted by Crippen LogP contribution is 2.38. The lowest BCUT2D eigenvalue weighted by Gasteiger charge is -2.31. The minimum absolute atomic E-state index is 0.132. The number of hydrogen-bond acceptors (Lipinski definition) is 5. The van der Waals surface area contributed by atoms with Crippen molar-refractivity contribution in [3.05, 3.63) is 48.3 Å². The van der Waals surface area contributed by atoms with E-state index in [1.165, 1.54) is 11.8 Å². The molecule has 0 bridgehead atoms. The SMILES string of the molecule is CC(C)CN(CC(C)C)c1ccc(SC(C)(C)C(=O)O)cc1NC(=O)Cc1cccnc1. The Morgan fingerprint density at radius 2 is 1.78 bits per heavy atom. The number of anilines is 2. The highest BCUT2D eigenvalue weighted by atomic mass is 32.2. The van der Waals surface area contributed by atoms with E-state index in [1.54, 1.807) is 26.2 Å². The summed E-state index contributed by atoms with van der Waals surface area (Å²) < 4.78 is -0.978. The van der Waals surface area contributed by atoms with Gasteiger partial charge in [-0.25, -0.2) is 0 Å². The van der Waals surface area contributed by atoms with Crippen molar-refractivity contribution in [2.45, 2.75) is 57.6 Å². The van der Waals surface area contributed by atoms with Gasteiger partial charge in [-0.05, 0) is 55.5 Å². The van der Waals surface area contributed by atoms with Crippen LogP contribution < -0.4 is 10.2 Å². The van der Waals surface area contributed by atoms with E-state index in [-0.39, 0.29) is 12.3 Å². The van der Waals surface area contributed by atoms with Crippen molar-refractivity contribution in [2.75, 3.05) is 23.3 Å². The Hall–Kier alpha value is -2.54. The van der Waals surface area contributed by atoms with Crippen LogP contribution in [-0.2, 0) is 16.0 Å². The standard InChI is InChI=1S/C25H35N3O3S/c1-17(2)15-28(16-18(3)4)22-10-9-20(32-25(5,6)24(30)31)13-21(22)27-23(29)12-19-8-7-11-26-14-19/h7-11,13-14,17-18H,12,15-16H2,1-6H3,(H,27,29)(H,30,31). The lowest BCUT2D eigenvalue weighted by atomic mass is 10.1. The number of carbonyl (C=O) groups excluding carboxylic acids is 1. The maximum Gasteiger partial charge on any atom is 0.319 e. The number of rotatable bonds is 11. The van der Waals surface area contributed by atoms with Gasteiger partial charge in [-0.2, -0.15) is 0 Å². The lowest BCUT2D eigenvalue weighted by molar-refractivity contribution is -0.138. The third-order valence-electron chi connectivity index (χ3n) is 4.73. The van der Waals surface area contributed by atoms with Gasteiger partial charge in [-0.1, -0.05) is 33.8 Å². The molecule has 32 heavy (non-hydrogen) atoms. The van der Waals surface area contributed by atoms with Crippen molar-refractivity contribution in [1.29, 1.82) is 0 Å². The van der Waals surface area contributed by atoms with Gasteiger partial charge in [-0.3, -0.25) is 14.6 Å². The number of aliphatic carboxylic acids is 1. The van der Waals surface area contributed by atoms with Crippen molar-refractivity contribution >= 4 is 35.0 Å². The number of hydrogen-bond donors (Lipinski definition) is 2. The molecule has 0 saturated carbocycles. The topological polar surface area (TPSA) is 82.5 Å². The molecule has 2 N–H and O–H groups in total. The van der Waals surface area contributed by atoms with Crippen LogP contribution in [0.15, 0.2) is 47.6 Å². The first-order chi connectivity index (χ1) is 15.0. The Morgan fingerprint density at radius 1 is 1.12 bits per heavy atom. The molecule has 0 aliphatic heterocycles. The van der Waals surface area contributed by atoms with Gasteiger partial charge in [0.1, 0.15) is 4.75 Å². The first-order valence-corrected chi connectivity index (χ1v) is 11.8. The van der Waals surface area contributed by atoms with Gasteiger partial charge in [0.05, 0.1) is 17.8 Å². The number of carboxylic acids is 1. The van der Waals surface area contributed by atoms with Gasteiger partial charge >= 0.3 is 5.97 Å². The van der Waals surface area contributed by atoms with E-state index < -0.39 is 10.7 Å². The third kappa shape index (κ3) is 7.86. The first-order valence-electron chi connectivity index (χ1n) is 11.0. The van der Waals surface area contributed by atoms with Crippen LogP contribution in [0.4, 0.5) is 11.4 Å². The number of nitrogens with zero attached hydrogens (tertiary/aromatic N) is 2. The predicted molar refractivity (Wildman–Crippen MR) is 132 cm³/mol. The number of amides is 1. The van der Waals surface area contributed by atoms with E-state index in [2.05, 4.69) is 42.9 Å². The van der Waals surface area contributed by atoms with E-state index in [0.29, 0.717) is 17.5 Å². The molecule has 1 aromatic carbocycles. The fraction of sp³-hybridized carbons (Fsp3) is 0.480. The normalized spacial score (nSPS) is 11.6. The zero-order chi connectivity index (χ0) is 23.9. The quantitative estimate of drug-likeness (QED) is 0.444. The Kier molecular flexibility index (Phi) is 9.13. The molecule has 0 fully saturated rings. The fourth-order valence-corrected chi connectivity index (χ4v) is 4.32. The van der Waals surface area contributed by atoms with Crippen LogP contribution >= 0.6 is 11.8 Å². The minimum atomic E-state index is -0.978. The molecule has 2 rings (SSSR count). The average molecular weight is 458 g/mol. The molecule has 7 heteroatoms. The maximum atomic E-state index is 12.8. The minimum Gasteiger partial charge on any atom is -0.480 e. The number of carbonyl (C=O) groups is 2. The smallest absolute Gasteiger partial charge is 0.319 e. The van der Waals surface area contributed by atoms with Crippen LogP contribution in [0.5, 0.6) is 0 Å². The van der Waals surface area contributed by atoms with Crippen LogP contribution in [0.1, 0.15) is 47.1 Å². The van der Waals surface area contributed by atoms with Gasteiger partial charge in [0, 0.05) is 30.4 Å². The summed E-state index contributed by atoms with van der Waals surface area (Å²) in [4.78, 5) is 31.6. The molecule has 1 heterocycles. The number of nitrogens with one attached hydrogen (secondary N) is 1. The summed E-state index contributed by atoms with van der Waals surface area (Å²) in [6.45, 7) is 13.8. The molecule has 0 atom stereocenters. The summed E-state index contributed by atoms with van der Waals surface area (Å²) in [6, 6.07) is 9.50. The van der Waals surface area contributed by atoms with Crippen molar-refractivity contribution < 1.29 is 14.7 Å². The summed E-state index contributed by atoms with van der Waals surface area (Å²) in [6.07, 6.45) is 3.59. The summed E-state index contributed by atoms with van der Waals surface area (Å²) in [5.74, 6) is -0.108. The largest absolute Gasteiger partial charge is 0.480 e. The van der Waals surface area contributed by atoms with Gasteiger partial charge in [0.15, 0.2) is 0 Å². The summed E-state index contributed by atoms with van der Waals surface area (Å²) in [5.41, 5.74) is 2.49. The molecule has 0 aliphatic rings. The number of carboxylic acid groups (broad SMARTS) is 1. The van der Waals surface area contributed by atoms with E-state index in [4.69, 9.17) is 0 Å². The van der Waals surface area contributed by atoms with Crippen LogP contribution in [0.25, 0.3) is 0 Å². The Labute approximate surface area is 195 Å². The molecule has 0 unspecified atom stereocenters. The second-order valence-corrected chi connectivity index (χ2v) is 11.1. The lowest BCUT2D eigenvalue weighted by Crippen LogP contribution is -2.32. The van der Waals surface area contributed by atoms with E-state index in [9.17, 15) is 14.7 Å². The van der Waals surface area contributed by atoms with E-state index >= 15 is 0 Å². The zero-order valence-electron chi connectivity index (χ0n) is 19.9. The molecule has 2 aromatic rings. The Bertz CT molecular complexity index is 904. The van der Waals surface area contributed by atoms with Crippen molar-refractivity contribution in [3.8, 4) is 0 Å². The molecule has 174 valence electrons. The van der Waals surface area contributed by atoms with Gasteiger partial charge in [-0.15, -0.1) is 11.8 Å². The summed E-state index contributed by atoms with van der Waals surface area (Å²) in [5, 5.41) is 12.6. The van der Waals surface area contributed by atoms with Gasteiger partial charge < -0.3 is 15.3 Å². The van der Waals surface area contributed by atoms with Crippen molar-refractivity contribution in [2.24, 2.45) is 11.8 Å². The van der Waals surface area contributed by atoms with E-state index in [0.717, 1.165) is 29.2 Å². The molecular formula is C25H35N3O3S. The second-order valence-electron chi connectivity index (χ2n) is 9.38. The predicted octanol–water partition coefficient (Wildman–Crippen LogP) is 5.34. The Balaban J connectivity index is 2.39. The van der Waals surface area contributed by atoms with Crippen LogP contribution in [0, 0.1) is 11.8 Å². The van der Waals surface area contributed by atoms with Crippen molar-refractivity contribution in [3.63, 3.8) is 0 Å². The highest BCUT2D eigenvalue weighted by molar-refractivity contribution is 8.01. The molecule has 6 nitrogen and oxygen atoms in total. The molecule has 1 aromatic heterocycles. The molecule has 0 spiro atoms. The van der Waals surface area contributed by atoms with Crippen LogP contribution in [-0.4, -0.2) is 39.8 Å². The number of benzene rings is 1. The number of aromatic nitrogens is 1. The van der Waals surface area contributed by atoms with Gasteiger partial charge in [0.2, 0.25) is 5.91 Å². The highest BCUT2D eigenvalue weighted by Gasteiger charge is 2.29. The van der Waals surface area contributed by atoms with Crippen LogP contribution in [0.3, 0.4) is 0 Å². The zero-order valence-corrected chi connectivity index (χ0v) is 20.7. The first kappa shape index (κ1) is 25.7. The number of thioether (sulfide) groups is 1. The summed E-state index contributed by atoms with van der Waals surface area (Å²) in [7, 11) is 0. The molecule has 0 radical (unpaired) electrons. The van der Waals surface area contributed by atoms with E-state index in [1.807, 2.05) is 30.3 Å². The van der Waals surface area contributed by atoms with Gasteiger partial charge in [0.25, 0.3) is 0 Å². The second kappa shape index (κ2) is 11.4. The Morgan fingerprint density at radius 3 is 2.31 bits per heavy atom. The maximum absolute atomic E-state index is 12.8. The van der Waals surface area contributed by atoms with Crippen molar-refractivity contribution in [1.82, 2.24) is 4.98 Å². The monoisotopic (exact) mass is 457 g/mol. The molecular weight excluding hydrogens is 422 g/mol. The molecule has 0 saturated heterocycles.